The van der Waals surface area contributed by atoms with Gasteiger partial charge in [0.25, 0.3) is 5.91 Å². The molecule has 1 heterocycles. The van der Waals surface area contributed by atoms with Crippen LogP contribution in [0.4, 0.5) is 0 Å². The number of benzene rings is 3. The van der Waals surface area contributed by atoms with Crippen molar-refractivity contribution >= 4 is 44.2 Å². The number of para-hydroxylation sites is 1. The van der Waals surface area contributed by atoms with Crippen molar-refractivity contribution in [1.29, 1.82) is 0 Å². The molecule has 0 atom stereocenters. The molecule has 0 aliphatic rings. The fourth-order valence-corrected chi connectivity index (χ4v) is 4.69. The maximum atomic E-state index is 13.3. The zero-order valence-corrected chi connectivity index (χ0v) is 19.5. The Morgan fingerprint density at radius 3 is 2.42 bits per heavy atom. The van der Waals surface area contributed by atoms with Gasteiger partial charge in [-0.15, -0.1) is 0 Å². The number of esters is 1. The molecule has 0 radical (unpaired) electrons. The van der Waals surface area contributed by atoms with Crippen molar-refractivity contribution in [3.05, 3.63) is 65.0 Å². The first-order chi connectivity index (χ1) is 16.0. The van der Waals surface area contributed by atoms with E-state index in [2.05, 4.69) is 4.99 Å². The van der Waals surface area contributed by atoms with Crippen LogP contribution < -0.4 is 14.3 Å². The van der Waals surface area contributed by atoms with E-state index in [1.165, 1.54) is 18.4 Å². The van der Waals surface area contributed by atoms with Crippen LogP contribution in [0.25, 0.3) is 21.0 Å². The Morgan fingerprint density at radius 1 is 0.970 bits per heavy atom. The van der Waals surface area contributed by atoms with Gasteiger partial charge in [-0.1, -0.05) is 41.7 Å². The lowest BCUT2D eigenvalue weighted by molar-refractivity contribution is -0.143. The Balaban J connectivity index is 1.89. The number of methoxy groups -OCH3 is 1. The quantitative estimate of drug-likeness (QED) is 0.375. The lowest BCUT2D eigenvalue weighted by Crippen LogP contribution is -2.23. The third-order valence-electron chi connectivity index (χ3n) is 5.05. The van der Waals surface area contributed by atoms with E-state index in [0.717, 1.165) is 15.5 Å². The number of rotatable bonds is 7. The zero-order chi connectivity index (χ0) is 23.4. The highest BCUT2D eigenvalue weighted by Gasteiger charge is 2.18. The molecule has 0 spiro atoms. The number of carbonyl (C=O) groups is 2. The molecule has 7 nitrogen and oxygen atoms in total. The fourth-order valence-electron chi connectivity index (χ4n) is 3.64. The molecule has 0 fully saturated rings. The fraction of sp³-hybridized carbons (Fsp3) is 0.240. The molecular weight excluding hydrogens is 440 g/mol. The van der Waals surface area contributed by atoms with Crippen LogP contribution in [-0.4, -0.2) is 36.8 Å². The number of hydrogen-bond donors (Lipinski definition) is 0. The van der Waals surface area contributed by atoms with Gasteiger partial charge in [-0.2, -0.15) is 4.99 Å². The third kappa shape index (κ3) is 4.61. The van der Waals surface area contributed by atoms with E-state index < -0.39 is 11.9 Å². The minimum Gasteiger partial charge on any atom is -0.496 e. The topological polar surface area (TPSA) is 79.1 Å². The molecule has 1 aromatic heterocycles. The second-order valence-corrected chi connectivity index (χ2v) is 8.14. The monoisotopic (exact) mass is 464 g/mol. The largest absolute Gasteiger partial charge is 0.496 e. The molecule has 8 heteroatoms. The normalized spacial score (nSPS) is 11.7. The number of aromatic nitrogens is 1. The number of hydrogen-bond acceptors (Lipinski definition) is 6. The van der Waals surface area contributed by atoms with Gasteiger partial charge in [0, 0.05) is 0 Å². The molecule has 33 heavy (non-hydrogen) atoms. The number of fused-ring (bicyclic) bond motifs is 2. The van der Waals surface area contributed by atoms with Gasteiger partial charge in [-0.05, 0) is 48.9 Å². The van der Waals surface area contributed by atoms with E-state index in [1.54, 1.807) is 17.6 Å². The highest BCUT2D eigenvalue weighted by molar-refractivity contribution is 7.16. The third-order valence-corrected chi connectivity index (χ3v) is 6.10. The SMILES string of the molecule is CCOC(=O)Cn1c(=NC(=O)c2cc3ccccc3cc2OC)sc2cccc(OCC)c21. The highest BCUT2D eigenvalue weighted by Crippen LogP contribution is 2.29. The first-order valence-electron chi connectivity index (χ1n) is 10.6. The summed E-state index contributed by atoms with van der Waals surface area (Å²) in [4.78, 5) is 30.4. The van der Waals surface area contributed by atoms with Crippen molar-refractivity contribution in [3.8, 4) is 11.5 Å². The molecule has 0 aliphatic heterocycles. The van der Waals surface area contributed by atoms with E-state index in [0.29, 0.717) is 34.0 Å². The van der Waals surface area contributed by atoms with Crippen molar-refractivity contribution in [2.75, 3.05) is 20.3 Å². The Labute approximate surface area is 194 Å². The highest BCUT2D eigenvalue weighted by atomic mass is 32.1. The van der Waals surface area contributed by atoms with Crippen molar-refractivity contribution in [2.45, 2.75) is 20.4 Å². The Kier molecular flexibility index (Phi) is 6.74. The minimum absolute atomic E-state index is 0.0844. The maximum Gasteiger partial charge on any atom is 0.326 e. The van der Waals surface area contributed by atoms with Crippen LogP contribution >= 0.6 is 11.3 Å². The summed E-state index contributed by atoms with van der Waals surface area (Å²) < 4.78 is 18.9. The minimum atomic E-state index is -0.459. The van der Waals surface area contributed by atoms with Crippen LogP contribution in [0.1, 0.15) is 24.2 Å². The first-order valence-corrected chi connectivity index (χ1v) is 11.4. The van der Waals surface area contributed by atoms with Gasteiger partial charge in [0.15, 0.2) is 4.80 Å². The second kappa shape index (κ2) is 9.87. The van der Waals surface area contributed by atoms with Crippen molar-refractivity contribution in [3.63, 3.8) is 0 Å². The van der Waals surface area contributed by atoms with Gasteiger partial charge < -0.3 is 18.8 Å². The summed E-state index contributed by atoms with van der Waals surface area (Å²) in [5.74, 6) is 0.184. The molecule has 0 saturated heterocycles. The summed E-state index contributed by atoms with van der Waals surface area (Å²) in [7, 11) is 1.52. The summed E-state index contributed by atoms with van der Waals surface area (Å²) in [6, 6.07) is 16.9. The average molecular weight is 465 g/mol. The molecule has 4 rings (SSSR count). The number of ether oxygens (including phenoxy) is 3. The van der Waals surface area contributed by atoms with E-state index in [1.807, 2.05) is 55.5 Å². The van der Waals surface area contributed by atoms with Gasteiger partial charge in [-0.3, -0.25) is 9.59 Å². The van der Waals surface area contributed by atoms with E-state index >= 15 is 0 Å². The molecule has 170 valence electrons. The zero-order valence-electron chi connectivity index (χ0n) is 18.7. The molecule has 0 aliphatic carbocycles. The van der Waals surface area contributed by atoms with Crippen LogP contribution in [0.2, 0.25) is 0 Å². The maximum absolute atomic E-state index is 13.3. The number of nitrogens with zero attached hydrogens (tertiary/aromatic N) is 2. The Hall–Kier alpha value is -3.65. The summed E-state index contributed by atoms with van der Waals surface area (Å²) in [5, 5.41) is 1.87. The van der Waals surface area contributed by atoms with E-state index in [4.69, 9.17) is 14.2 Å². The van der Waals surface area contributed by atoms with Crippen LogP contribution in [0, 0.1) is 0 Å². The van der Waals surface area contributed by atoms with Crippen LogP contribution in [0.3, 0.4) is 0 Å². The lowest BCUT2D eigenvalue weighted by atomic mass is 10.1. The predicted molar refractivity (Wildman–Crippen MR) is 128 cm³/mol. The summed E-state index contributed by atoms with van der Waals surface area (Å²) in [6.07, 6.45) is 0. The lowest BCUT2D eigenvalue weighted by Gasteiger charge is -2.10. The number of amides is 1. The van der Waals surface area contributed by atoms with Gasteiger partial charge in [0.1, 0.15) is 23.6 Å². The molecule has 0 bridgehead atoms. The molecule has 0 N–H and O–H groups in total. The predicted octanol–water partition coefficient (Wildman–Crippen LogP) is 4.57. The van der Waals surface area contributed by atoms with Crippen molar-refractivity contribution in [2.24, 2.45) is 4.99 Å². The van der Waals surface area contributed by atoms with E-state index in [-0.39, 0.29) is 13.2 Å². The van der Waals surface area contributed by atoms with Crippen LogP contribution in [-0.2, 0) is 16.1 Å². The molecule has 0 saturated carbocycles. The van der Waals surface area contributed by atoms with E-state index in [9.17, 15) is 9.59 Å². The molecule has 1 amide bonds. The Morgan fingerprint density at radius 2 is 1.73 bits per heavy atom. The molecule has 0 unspecified atom stereocenters. The smallest absolute Gasteiger partial charge is 0.326 e. The van der Waals surface area contributed by atoms with Crippen LogP contribution in [0.15, 0.2) is 59.6 Å². The van der Waals surface area contributed by atoms with Gasteiger partial charge in [0.2, 0.25) is 0 Å². The van der Waals surface area contributed by atoms with Crippen LogP contribution in [0.5, 0.6) is 11.5 Å². The first kappa shape index (κ1) is 22.5. The molecular formula is C25H24N2O5S. The molecule has 3 aromatic carbocycles. The Bertz CT molecular complexity index is 1400. The molecule has 4 aromatic rings. The summed E-state index contributed by atoms with van der Waals surface area (Å²) >= 11 is 1.31. The standard InChI is InChI=1S/C25H24N2O5S/c1-4-31-19-11-8-12-21-23(19)27(15-22(28)32-5-2)25(33-21)26-24(29)18-13-16-9-6-7-10-17(16)14-20(18)30-3/h6-14H,4-5,15H2,1-3H3. The van der Waals surface area contributed by atoms with Crippen molar-refractivity contribution in [1.82, 2.24) is 4.57 Å². The van der Waals surface area contributed by atoms with Gasteiger partial charge in [-0.25, -0.2) is 0 Å². The van der Waals surface area contributed by atoms with Crippen molar-refractivity contribution < 1.29 is 23.8 Å². The van der Waals surface area contributed by atoms with Gasteiger partial charge in [0.05, 0.1) is 30.6 Å². The summed E-state index contributed by atoms with van der Waals surface area (Å²) in [5.41, 5.74) is 1.05. The number of thiazole rings is 1. The average Bonchev–Trinajstić information content (AvgIpc) is 3.16. The number of carbonyl (C=O) groups excluding carboxylic acids is 2. The van der Waals surface area contributed by atoms with Gasteiger partial charge >= 0.3 is 5.97 Å². The summed E-state index contributed by atoms with van der Waals surface area (Å²) in [6.45, 7) is 4.29. The second-order valence-electron chi connectivity index (χ2n) is 7.13.